The summed E-state index contributed by atoms with van der Waals surface area (Å²) in [6.45, 7) is 1.03. The van der Waals surface area contributed by atoms with Crippen LogP contribution in [-0.4, -0.2) is 50.2 Å². The van der Waals surface area contributed by atoms with Gasteiger partial charge < -0.3 is 20.9 Å². The van der Waals surface area contributed by atoms with Gasteiger partial charge in [-0.2, -0.15) is 18.3 Å². The molecule has 1 aliphatic rings. The van der Waals surface area contributed by atoms with Crippen molar-refractivity contribution in [2.24, 2.45) is 12.8 Å². The van der Waals surface area contributed by atoms with Crippen molar-refractivity contribution in [3.63, 3.8) is 0 Å². The molecule has 0 bridgehead atoms. The van der Waals surface area contributed by atoms with E-state index in [2.05, 4.69) is 20.7 Å². The van der Waals surface area contributed by atoms with Gasteiger partial charge in [-0.25, -0.2) is 13.8 Å². The SMILES string of the molecule is Cn1c(-c2cn(C3CC3(F)F)nc2C(F)(F)F)cnc1C(=O)Nc1ccc(C(=O)NCCCCCN)c(Cl)c1. The van der Waals surface area contributed by atoms with Crippen LogP contribution in [0, 0.1) is 0 Å². The number of anilines is 1. The molecule has 1 fully saturated rings. The second kappa shape index (κ2) is 10.9. The first-order chi connectivity index (χ1) is 18.3. The minimum Gasteiger partial charge on any atom is -0.352 e. The van der Waals surface area contributed by atoms with E-state index in [-0.39, 0.29) is 33.7 Å². The number of carbonyl (C=O) groups is 2. The van der Waals surface area contributed by atoms with Crippen molar-refractivity contribution < 1.29 is 31.5 Å². The summed E-state index contributed by atoms with van der Waals surface area (Å²) in [6, 6.07) is 2.76. The number of carbonyl (C=O) groups excluding carboxylic acids is 2. The Morgan fingerprint density at radius 2 is 1.92 bits per heavy atom. The number of nitrogens with one attached hydrogen (secondary N) is 2. The summed E-state index contributed by atoms with van der Waals surface area (Å²) in [5.74, 6) is -4.54. The Hall–Kier alpha value is -3.52. The molecule has 9 nitrogen and oxygen atoms in total. The largest absolute Gasteiger partial charge is 0.435 e. The molecule has 0 radical (unpaired) electrons. The summed E-state index contributed by atoms with van der Waals surface area (Å²) in [7, 11) is 1.31. The number of hydrogen-bond acceptors (Lipinski definition) is 5. The normalized spacial score (nSPS) is 16.3. The first kappa shape index (κ1) is 28.5. The standard InChI is InChI=1S/C24H25ClF5N7O2/c1-36-17(15-12-37(18-10-23(18,26)27)35-19(15)24(28,29)30)11-33-20(36)22(39)34-13-5-6-14(16(25)9-13)21(38)32-8-4-2-3-7-31/h5-6,9,11-12,18H,2-4,7-8,10,31H2,1H3,(H,32,38)(H,34,39). The highest BCUT2D eigenvalue weighted by molar-refractivity contribution is 6.34. The van der Waals surface area contributed by atoms with Crippen molar-refractivity contribution in [1.82, 2.24) is 24.6 Å². The quantitative estimate of drug-likeness (QED) is 0.241. The van der Waals surface area contributed by atoms with Crippen LogP contribution in [0.3, 0.4) is 0 Å². The Morgan fingerprint density at radius 3 is 2.54 bits per heavy atom. The Bertz CT molecular complexity index is 1390. The van der Waals surface area contributed by atoms with Crippen molar-refractivity contribution in [3.8, 4) is 11.3 Å². The molecule has 1 unspecified atom stereocenters. The smallest absolute Gasteiger partial charge is 0.352 e. The molecule has 2 heterocycles. The van der Waals surface area contributed by atoms with E-state index in [0.717, 1.165) is 36.2 Å². The Labute approximate surface area is 224 Å². The summed E-state index contributed by atoms with van der Waals surface area (Å²) < 4.78 is 69.5. The van der Waals surface area contributed by atoms with Crippen LogP contribution < -0.4 is 16.4 Å². The minimum absolute atomic E-state index is 0.0758. The fourth-order valence-electron chi connectivity index (χ4n) is 4.01. The van der Waals surface area contributed by atoms with E-state index in [1.807, 2.05) is 0 Å². The van der Waals surface area contributed by atoms with Crippen molar-refractivity contribution in [3.05, 3.63) is 52.7 Å². The lowest BCUT2D eigenvalue weighted by molar-refractivity contribution is -0.141. The predicted octanol–water partition coefficient (Wildman–Crippen LogP) is 4.65. The number of amides is 2. The molecule has 2 amide bonds. The molecule has 210 valence electrons. The first-order valence-electron chi connectivity index (χ1n) is 12.0. The number of aromatic nitrogens is 4. The highest BCUT2D eigenvalue weighted by atomic mass is 35.5. The van der Waals surface area contributed by atoms with Crippen LogP contribution in [-0.2, 0) is 13.2 Å². The lowest BCUT2D eigenvalue weighted by Gasteiger charge is -2.10. The van der Waals surface area contributed by atoms with E-state index in [1.54, 1.807) is 0 Å². The van der Waals surface area contributed by atoms with Gasteiger partial charge in [-0.05, 0) is 37.6 Å². The minimum atomic E-state index is -4.92. The van der Waals surface area contributed by atoms with Gasteiger partial charge in [-0.15, -0.1) is 0 Å². The number of hydrogen-bond donors (Lipinski definition) is 3. The molecule has 4 N–H and O–H groups in total. The number of nitrogens with two attached hydrogens (primary N) is 1. The molecule has 0 aliphatic heterocycles. The third-order valence-electron chi connectivity index (χ3n) is 6.22. The van der Waals surface area contributed by atoms with Gasteiger partial charge in [-0.1, -0.05) is 18.0 Å². The average Bonchev–Trinajstić information content (AvgIpc) is 3.17. The maximum atomic E-state index is 13.6. The van der Waals surface area contributed by atoms with Gasteiger partial charge >= 0.3 is 6.18 Å². The number of halogens is 6. The number of unbranched alkanes of at least 4 members (excludes halogenated alkanes) is 2. The molecule has 0 spiro atoms. The number of benzene rings is 1. The lowest BCUT2D eigenvalue weighted by Crippen LogP contribution is -2.25. The van der Waals surface area contributed by atoms with Crippen LogP contribution in [0.25, 0.3) is 11.3 Å². The van der Waals surface area contributed by atoms with Gasteiger partial charge in [0, 0.05) is 31.9 Å². The summed E-state index contributed by atoms with van der Waals surface area (Å²) in [4.78, 5) is 29.2. The summed E-state index contributed by atoms with van der Waals surface area (Å²) in [6.07, 6.45) is -1.12. The van der Waals surface area contributed by atoms with E-state index < -0.39 is 41.7 Å². The van der Waals surface area contributed by atoms with Gasteiger partial charge in [0.2, 0.25) is 0 Å². The zero-order valence-electron chi connectivity index (χ0n) is 20.7. The predicted molar refractivity (Wildman–Crippen MR) is 133 cm³/mol. The van der Waals surface area contributed by atoms with Gasteiger partial charge in [0.15, 0.2) is 11.5 Å². The zero-order valence-corrected chi connectivity index (χ0v) is 21.4. The van der Waals surface area contributed by atoms with E-state index in [4.69, 9.17) is 17.3 Å². The number of alkyl halides is 5. The zero-order chi connectivity index (χ0) is 28.5. The number of imidazole rings is 1. The van der Waals surface area contributed by atoms with Crippen molar-refractivity contribution >= 4 is 29.1 Å². The fourth-order valence-corrected chi connectivity index (χ4v) is 4.28. The first-order valence-corrected chi connectivity index (χ1v) is 12.4. The molecule has 4 rings (SSSR count). The maximum absolute atomic E-state index is 13.6. The van der Waals surface area contributed by atoms with Gasteiger partial charge in [0.05, 0.1) is 28.0 Å². The molecular weight excluding hydrogens is 549 g/mol. The van der Waals surface area contributed by atoms with Crippen LogP contribution in [0.5, 0.6) is 0 Å². The topological polar surface area (TPSA) is 120 Å². The van der Waals surface area contributed by atoms with Gasteiger partial charge in [0.25, 0.3) is 17.7 Å². The number of rotatable bonds is 10. The van der Waals surface area contributed by atoms with Gasteiger partial charge in [0.1, 0.15) is 6.04 Å². The van der Waals surface area contributed by atoms with E-state index in [9.17, 15) is 31.5 Å². The summed E-state index contributed by atoms with van der Waals surface area (Å²) >= 11 is 6.23. The van der Waals surface area contributed by atoms with E-state index >= 15 is 0 Å². The van der Waals surface area contributed by atoms with E-state index in [0.29, 0.717) is 17.8 Å². The molecule has 1 atom stereocenters. The van der Waals surface area contributed by atoms with Crippen LogP contribution in [0.4, 0.5) is 27.6 Å². The Kier molecular flexibility index (Phi) is 7.98. The van der Waals surface area contributed by atoms with Crippen molar-refractivity contribution in [2.75, 3.05) is 18.4 Å². The Morgan fingerprint density at radius 1 is 1.21 bits per heavy atom. The molecule has 39 heavy (non-hydrogen) atoms. The fraction of sp³-hybridized carbons (Fsp3) is 0.417. The second-order valence-corrected chi connectivity index (χ2v) is 9.54. The summed E-state index contributed by atoms with van der Waals surface area (Å²) in [5.41, 5.74) is 3.87. The molecule has 1 aromatic carbocycles. The molecule has 1 saturated carbocycles. The molecular formula is C24H25ClF5N7O2. The summed E-state index contributed by atoms with van der Waals surface area (Å²) in [5, 5.41) is 8.72. The molecule has 15 heteroatoms. The third kappa shape index (κ3) is 6.22. The highest BCUT2D eigenvalue weighted by Crippen LogP contribution is 2.53. The molecule has 2 aromatic heterocycles. The highest BCUT2D eigenvalue weighted by Gasteiger charge is 2.59. The average molecular weight is 574 g/mol. The van der Waals surface area contributed by atoms with Crippen LogP contribution >= 0.6 is 11.6 Å². The van der Waals surface area contributed by atoms with Gasteiger partial charge in [-0.3, -0.25) is 14.3 Å². The van der Waals surface area contributed by atoms with Crippen LogP contribution in [0.15, 0.2) is 30.6 Å². The van der Waals surface area contributed by atoms with Crippen LogP contribution in [0.1, 0.15) is 58.4 Å². The lowest BCUT2D eigenvalue weighted by atomic mass is 10.1. The molecule has 0 saturated heterocycles. The number of nitrogens with zero attached hydrogens (tertiary/aromatic N) is 4. The van der Waals surface area contributed by atoms with E-state index in [1.165, 1.54) is 25.2 Å². The second-order valence-electron chi connectivity index (χ2n) is 9.13. The van der Waals surface area contributed by atoms with Crippen molar-refractivity contribution in [1.29, 1.82) is 0 Å². The monoisotopic (exact) mass is 573 g/mol. The molecule has 1 aliphatic carbocycles. The maximum Gasteiger partial charge on any atom is 0.435 e. The Balaban J connectivity index is 1.49. The molecule has 3 aromatic rings. The third-order valence-corrected chi connectivity index (χ3v) is 6.53. The van der Waals surface area contributed by atoms with Crippen LogP contribution in [0.2, 0.25) is 5.02 Å². The van der Waals surface area contributed by atoms with Crippen molar-refractivity contribution in [2.45, 2.75) is 43.8 Å².